The van der Waals surface area contributed by atoms with Crippen LogP contribution in [-0.4, -0.2) is 172 Å². The van der Waals surface area contributed by atoms with Crippen molar-refractivity contribution in [2.24, 2.45) is 17.6 Å². The molecule has 2 aromatic carbocycles. The van der Waals surface area contributed by atoms with Crippen LogP contribution in [0.5, 0.6) is 5.75 Å². The van der Waals surface area contributed by atoms with E-state index in [4.69, 9.17) is 40.1 Å². The number of amides is 7. The van der Waals surface area contributed by atoms with E-state index in [1.54, 1.807) is 82.6 Å². The molecular weight excluding hydrogens is 1420 g/mol. The zero-order chi connectivity index (χ0) is 70.6. The molecule has 7 atom stereocenters. The molecule has 7 amide bonds. The third kappa shape index (κ3) is 16.0. The summed E-state index contributed by atoms with van der Waals surface area (Å²) in [5.74, 6) is -5.94. The second-order valence-electron chi connectivity index (χ2n) is 24.7. The minimum Gasteiger partial charge on any atom is -0.508 e. The lowest BCUT2D eigenvalue weighted by Crippen LogP contribution is -2.50. The number of benzene rings is 2. The van der Waals surface area contributed by atoms with Crippen molar-refractivity contribution in [1.29, 1.82) is 0 Å². The molecule has 0 spiro atoms. The van der Waals surface area contributed by atoms with Crippen molar-refractivity contribution in [2.45, 2.75) is 94.8 Å². The Balaban J connectivity index is 0.886. The van der Waals surface area contributed by atoms with Crippen LogP contribution in [-0.2, 0) is 30.3 Å². The first-order chi connectivity index (χ1) is 48.8. The van der Waals surface area contributed by atoms with Crippen LogP contribution in [0.15, 0.2) is 93.6 Å². The Morgan fingerprint density at radius 2 is 1.37 bits per heavy atom. The number of hydrogen-bond acceptors (Lipinski definition) is 26. The van der Waals surface area contributed by atoms with Crippen molar-refractivity contribution >= 4 is 116 Å². The SMILES string of the molecule is Cc1sc2nc1C(=O)N[C@@H]([C@H](O)c1ccccc1)c1nc(cs1)C(=O)N[C@@H](Cc1ccc(O)cc1)C(=O)N1C[C@H](OC(=O)NCCN3CCOCC3)[C@H](C)[C@H]1c1nc(cs1)-c1nc(cs1)-c1nc(-c3nc(C(=O)N[C@H]4CC[C@H](C(=O)O)CC4)cs3)ccc1-c1nc(cs1)C(=O)N[C@H]2CC(N)=O. The van der Waals surface area contributed by atoms with Gasteiger partial charge >= 0.3 is 12.1 Å². The zero-order valence-corrected chi connectivity index (χ0v) is 59.0. The summed E-state index contributed by atoms with van der Waals surface area (Å²) in [6, 6.07) is 13.3. The number of fused-ring (bicyclic) bond motifs is 16. The van der Waals surface area contributed by atoms with Gasteiger partial charge in [0.2, 0.25) is 11.8 Å². The number of pyridine rings is 1. The van der Waals surface area contributed by atoms with Crippen LogP contribution in [0, 0.1) is 18.8 Å². The summed E-state index contributed by atoms with van der Waals surface area (Å²) in [5, 5.41) is 56.6. The number of carbonyl (C=O) groups excluding carboxylic acids is 7. The summed E-state index contributed by atoms with van der Waals surface area (Å²) in [5.41, 5.74) is 8.54. The number of primary amides is 1. The number of aliphatic carboxylic acids is 1. The van der Waals surface area contributed by atoms with Gasteiger partial charge in [-0.05, 0) is 68.0 Å². The van der Waals surface area contributed by atoms with Crippen molar-refractivity contribution in [3.05, 3.63) is 147 Å². The Labute approximate surface area is 600 Å². The van der Waals surface area contributed by atoms with E-state index in [0.29, 0.717) is 123 Å². The highest BCUT2D eigenvalue weighted by molar-refractivity contribution is 7.15. The van der Waals surface area contributed by atoms with Crippen LogP contribution in [0.25, 0.3) is 43.4 Å². The van der Waals surface area contributed by atoms with Gasteiger partial charge in [0, 0.05) is 81.9 Å². The number of aliphatic hydroxyl groups is 1. The molecule has 10 N–H and O–H groups in total. The molecule has 1 saturated carbocycles. The number of alkyl carbamates (subject to hydrolysis) is 1. The molecule has 10 bridgehead atoms. The molecule has 0 radical (unpaired) electrons. The lowest BCUT2D eigenvalue weighted by Gasteiger charge is -2.29. The van der Waals surface area contributed by atoms with Crippen LogP contribution in [0.1, 0.15) is 136 Å². The Hall–Kier alpha value is -9.39. The lowest BCUT2D eigenvalue weighted by molar-refractivity contribution is -0.143. The van der Waals surface area contributed by atoms with Gasteiger partial charge in [0.25, 0.3) is 23.6 Å². The van der Waals surface area contributed by atoms with Crippen molar-refractivity contribution in [3.8, 4) is 49.1 Å². The highest BCUT2D eigenvalue weighted by Gasteiger charge is 2.48. The van der Waals surface area contributed by atoms with E-state index in [9.17, 15) is 48.9 Å². The van der Waals surface area contributed by atoms with E-state index in [-0.39, 0.29) is 64.1 Å². The molecule has 7 aromatic heterocycles. The first-order valence-electron chi connectivity index (χ1n) is 32.3. The molecule has 1 aliphatic carbocycles. The zero-order valence-electron chi connectivity index (χ0n) is 54.1. The van der Waals surface area contributed by atoms with Crippen LogP contribution < -0.4 is 32.3 Å². The number of phenols is 1. The van der Waals surface area contributed by atoms with Crippen LogP contribution in [0.4, 0.5) is 4.79 Å². The highest BCUT2D eigenvalue weighted by atomic mass is 32.1. The number of nitrogens with zero attached hydrogens (tertiary/aromatic N) is 9. The summed E-state index contributed by atoms with van der Waals surface area (Å²) in [7, 11) is 0. The number of aliphatic hydroxyl groups excluding tert-OH is 1. The molecule has 34 heteroatoms. The molecule has 3 fully saturated rings. The van der Waals surface area contributed by atoms with Gasteiger partial charge in [-0.3, -0.25) is 38.5 Å². The number of thiazole rings is 6. The van der Waals surface area contributed by atoms with Gasteiger partial charge < -0.3 is 62.0 Å². The van der Waals surface area contributed by atoms with Gasteiger partial charge in [0.05, 0.1) is 49.9 Å². The van der Waals surface area contributed by atoms with Gasteiger partial charge in [0.1, 0.15) is 99.9 Å². The molecular formula is C67H67N15O13S6. The lowest BCUT2D eigenvalue weighted by atomic mass is 9.86. The molecule has 13 rings (SSSR count). The van der Waals surface area contributed by atoms with E-state index in [0.717, 1.165) is 34.0 Å². The molecule has 101 heavy (non-hydrogen) atoms. The highest BCUT2D eigenvalue weighted by Crippen LogP contribution is 2.44. The van der Waals surface area contributed by atoms with Gasteiger partial charge in [0.15, 0.2) is 0 Å². The fourth-order valence-electron chi connectivity index (χ4n) is 12.5. The molecule has 3 aliphatic heterocycles. The predicted molar refractivity (Wildman–Crippen MR) is 376 cm³/mol. The van der Waals surface area contributed by atoms with Crippen LogP contribution in [0.2, 0.25) is 0 Å². The van der Waals surface area contributed by atoms with Gasteiger partial charge in [-0.1, -0.05) is 49.4 Å². The number of carboxylic acid groups (broad SMARTS) is 1. The van der Waals surface area contributed by atoms with Crippen LogP contribution in [0.3, 0.4) is 0 Å². The number of rotatable bonds is 14. The summed E-state index contributed by atoms with van der Waals surface area (Å²) < 4.78 is 11.7. The minimum atomic E-state index is -1.44. The van der Waals surface area contributed by atoms with Crippen molar-refractivity contribution in [1.82, 2.24) is 71.3 Å². The predicted octanol–water partition coefficient (Wildman–Crippen LogP) is 7.73. The average Bonchev–Trinajstić information content (AvgIpc) is 1.64. The van der Waals surface area contributed by atoms with Gasteiger partial charge in [-0.15, -0.1) is 68.0 Å². The number of hydrogen-bond donors (Lipinski definition) is 9. The maximum Gasteiger partial charge on any atom is 0.407 e. The number of nitrogens with two attached hydrogens (primary N) is 1. The van der Waals surface area contributed by atoms with E-state index in [2.05, 4.69) is 41.5 Å². The summed E-state index contributed by atoms with van der Waals surface area (Å²) in [4.78, 5) is 150. The van der Waals surface area contributed by atoms with Crippen LogP contribution >= 0.6 is 68.0 Å². The van der Waals surface area contributed by atoms with E-state index in [1.165, 1.54) is 56.9 Å². The molecule has 2 saturated heterocycles. The normalized spacial score (nSPS) is 21.7. The topological polar surface area (TPSA) is 399 Å². The monoisotopic (exact) mass is 1480 g/mol. The largest absolute Gasteiger partial charge is 0.508 e. The number of aryl methyl sites for hydroxylation is 1. The third-order valence-corrected chi connectivity index (χ3v) is 23.4. The van der Waals surface area contributed by atoms with E-state index < -0.39 is 102 Å². The quantitative estimate of drug-likeness (QED) is 0.0502. The molecule has 0 unspecified atom stereocenters. The fourth-order valence-corrected chi connectivity index (χ4v) is 17.8. The maximum atomic E-state index is 15.8. The summed E-state index contributed by atoms with van der Waals surface area (Å²) >= 11 is 6.83. The van der Waals surface area contributed by atoms with Crippen molar-refractivity contribution < 1.29 is 63.1 Å². The number of aromatic hydroxyl groups is 1. The standard InChI is InChI=1S/C67H67N15O13S6/c1-32-48(95-67(93)69-18-19-81-20-22-94-23-21-81)26-82-53(32)64-78-47(31-100-64)61-74-43(27-97-61)51-39(16-17-40(71-51)60-76-44(29-98-60)55(86)70-37-12-10-36(11-13-37)66(91)92)59-75-45(28-96-59)56(87)72-41(25-49(68)84)62-80-50(33(2)101-62)58(89)79-52(54(85)35-6-4-3-5-7-35)63-77-46(30-99-63)57(88)73-42(65(82)90)24-34-8-14-38(83)15-9-34/h3-9,14-17,27-32,36-37,41-42,48,52-54,83,85H,10-13,18-26H2,1-2H3,(H2,68,84)(H,69,93)(H,70,86)(H,72,87)(H,73,88)(H,79,89)(H,91,92)/t32-,36-,37-,41-,42-,48-,52-,53-,54+/m0/s1. The van der Waals surface area contributed by atoms with Crippen molar-refractivity contribution in [2.75, 3.05) is 45.9 Å². The van der Waals surface area contributed by atoms with E-state index >= 15 is 4.79 Å². The number of aromatic nitrogens is 7. The Bertz CT molecular complexity index is 4560. The number of phenolic OH excluding ortho intramolecular Hbond substituents is 1. The van der Waals surface area contributed by atoms with Gasteiger partial charge in [-0.2, -0.15) is 0 Å². The molecule has 9 aromatic rings. The smallest absolute Gasteiger partial charge is 0.407 e. The summed E-state index contributed by atoms with van der Waals surface area (Å²) in [6.45, 7) is 6.80. The first-order valence-corrected chi connectivity index (χ1v) is 37.6. The number of nitrogens with one attached hydrogen (secondary N) is 5. The fraction of sp³-hybridized carbons (Fsp3) is 0.358. The number of carboxylic acids is 1. The second-order valence-corrected chi connectivity index (χ2v) is 30.3. The molecule has 524 valence electrons. The molecule has 28 nitrogen and oxygen atoms in total. The second kappa shape index (κ2) is 30.8. The third-order valence-electron chi connectivity index (χ3n) is 17.9. The Kier molecular flexibility index (Phi) is 21.4. The molecule has 10 heterocycles. The molecule has 4 aliphatic rings. The van der Waals surface area contributed by atoms with E-state index in [1.807, 2.05) is 6.92 Å². The maximum absolute atomic E-state index is 15.8. The minimum absolute atomic E-state index is 0.0265. The average molecular weight is 1480 g/mol. The summed E-state index contributed by atoms with van der Waals surface area (Å²) in [6.07, 6.45) is -1.61. The number of carbonyl (C=O) groups is 8. The first kappa shape index (κ1) is 70.1. The number of morpholine rings is 1. The number of ether oxygens (including phenoxy) is 2. The van der Waals surface area contributed by atoms with Gasteiger partial charge in [-0.25, -0.2) is 39.7 Å². The Morgan fingerprint density at radius 1 is 0.703 bits per heavy atom. The Morgan fingerprint density at radius 3 is 2.12 bits per heavy atom. The van der Waals surface area contributed by atoms with Crippen molar-refractivity contribution in [3.63, 3.8) is 0 Å².